The normalized spacial score (nSPS) is 38.2. The Morgan fingerprint density at radius 3 is 2.93 bits per heavy atom. The van der Waals surface area contributed by atoms with Gasteiger partial charge in [-0.1, -0.05) is 6.42 Å². The highest BCUT2D eigenvalue weighted by Crippen LogP contribution is 2.40. The van der Waals surface area contributed by atoms with Gasteiger partial charge in [-0.15, -0.1) is 0 Å². The van der Waals surface area contributed by atoms with E-state index in [1.54, 1.807) is 0 Å². The van der Waals surface area contributed by atoms with E-state index in [0.29, 0.717) is 12.5 Å². The first kappa shape index (κ1) is 9.93. The molecule has 1 aliphatic carbocycles. The third-order valence-electron chi connectivity index (χ3n) is 3.61. The first-order valence-electron chi connectivity index (χ1n) is 5.34. The number of hydrogen-bond donors (Lipinski definition) is 1. The summed E-state index contributed by atoms with van der Waals surface area (Å²) in [5, 5.41) is 21.4. The summed E-state index contributed by atoms with van der Waals surface area (Å²) in [6.45, 7) is 0.603. The number of carboxylic acid groups (broad SMARTS) is 1. The molecule has 4 heteroatoms. The van der Waals surface area contributed by atoms with Crippen LogP contribution in [0.3, 0.4) is 0 Å². The van der Waals surface area contributed by atoms with Crippen molar-refractivity contribution in [3.8, 4) is 0 Å². The fourth-order valence-electron chi connectivity index (χ4n) is 3.04. The number of hydrogen-bond acceptors (Lipinski definition) is 3. The molecule has 2 aliphatic rings. The lowest BCUT2D eigenvalue weighted by atomic mass is 9.76. The highest BCUT2D eigenvalue weighted by Gasteiger charge is 2.38. The molecule has 80 valence electrons. The first-order chi connectivity index (χ1) is 6.68. The van der Waals surface area contributed by atoms with Crippen LogP contribution in [0.4, 0.5) is 0 Å². The molecule has 1 aliphatic heterocycles. The van der Waals surface area contributed by atoms with Gasteiger partial charge in [-0.25, -0.2) is 0 Å². The van der Waals surface area contributed by atoms with Gasteiger partial charge in [0.2, 0.25) is 0 Å². The summed E-state index contributed by atoms with van der Waals surface area (Å²) >= 11 is 0. The molecular formula is C10H16NO3-. The minimum atomic E-state index is -0.768. The van der Waals surface area contributed by atoms with Crippen LogP contribution in [0.25, 0.3) is 0 Å². The van der Waals surface area contributed by atoms with Gasteiger partial charge in [-0.2, -0.15) is 0 Å². The topological polar surface area (TPSA) is 63.6 Å². The van der Waals surface area contributed by atoms with Crippen LogP contribution in [0.15, 0.2) is 0 Å². The summed E-state index contributed by atoms with van der Waals surface area (Å²) < 4.78 is 0. The predicted octanol–water partition coefficient (Wildman–Crippen LogP) is 1.45. The Kier molecular flexibility index (Phi) is 2.74. The highest BCUT2D eigenvalue weighted by molar-refractivity contribution is 5.67. The second kappa shape index (κ2) is 3.87. The molecule has 0 amide bonds. The van der Waals surface area contributed by atoms with E-state index in [9.17, 15) is 10.0 Å². The third-order valence-corrected chi connectivity index (χ3v) is 3.61. The quantitative estimate of drug-likeness (QED) is 0.729. The molecule has 2 rings (SSSR count). The van der Waals surface area contributed by atoms with Gasteiger partial charge in [0, 0.05) is 12.5 Å². The van der Waals surface area contributed by atoms with Gasteiger partial charge in [0.25, 0.3) is 0 Å². The Morgan fingerprint density at radius 1 is 1.43 bits per heavy atom. The third kappa shape index (κ3) is 1.77. The number of aliphatic carboxylic acids is 1. The molecule has 4 nitrogen and oxygen atoms in total. The minimum absolute atomic E-state index is 0.000139. The monoisotopic (exact) mass is 198 g/mol. The van der Waals surface area contributed by atoms with Crippen molar-refractivity contribution in [2.75, 3.05) is 6.54 Å². The molecule has 0 bridgehead atoms. The van der Waals surface area contributed by atoms with Crippen LogP contribution >= 0.6 is 0 Å². The number of carboxylic acids is 1. The molecule has 1 N–H and O–H groups in total. The molecule has 1 saturated heterocycles. The predicted molar refractivity (Wildman–Crippen MR) is 51.6 cm³/mol. The van der Waals surface area contributed by atoms with E-state index < -0.39 is 5.97 Å². The Labute approximate surface area is 83.5 Å². The smallest absolute Gasteiger partial charge is 0.303 e. The number of rotatable bonds is 2. The molecule has 0 radical (unpaired) electrons. The van der Waals surface area contributed by atoms with Crippen molar-refractivity contribution >= 4 is 5.97 Å². The van der Waals surface area contributed by atoms with Crippen molar-refractivity contribution in [3.63, 3.8) is 0 Å². The molecule has 0 aromatic heterocycles. The number of fused-ring (bicyclic) bond motifs is 1. The summed E-state index contributed by atoms with van der Waals surface area (Å²) in [5.74, 6) is -0.215. The van der Waals surface area contributed by atoms with E-state index in [2.05, 4.69) is 0 Å². The van der Waals surface area contributed by atoms with Gasteiger partial charge in [-0.05, 0) is 37.6 Å². The zero-order valence-electron chi connectivity index (χ0n) is 8.19. The van der Waals surface area contributed by atoms with Gasteiger partial charge < -0.3 is 15.4 Å². The van der Waals surface area contributed by atoms with Crippen LogP contribution in [-0.2, 0) is 4.79 Å². The van der Waals surface area contributed by atoms with Crippen LogP contribution in [0.1, 0.15) is 32.1 Å². The summed E-state index contributed by atoms with van der Waals surface area (Å²) in [4.78, 5) is 10.6. The standard InChI is InChI=1S/C10H16NO3/c12-9(13)6-8-3-1-2-7-4-5-11(14)10(7)8/h7-8,10H,1-6H2,(H,12,13)/q-1. The molecule has 1 saturated carbocycles. The fourth-order valence-corrected chi connectivity index (χ4v) is 3.04. The van der Waals surface area contributed by atoms with Crippen LogP contribution in [0.2, 0.25) is 0 Å². The van der Waals surface area contributed by atoms with Crippen LogP contribution in [0.5, 0.6) is 0 Å². The summed E-state index contributed by atoms with van der Waals surface area (Å²) in [5.41, 5.74) is 0. The maximum Gasteiger partial charge on any atom is 0.303 e. The average Bonchev–Trinajstić information content (AvgIpc) is 2.48. The highest BCUT2D eigenvalue weighted by atomic mass is 16.5. The van der Waals surface area contributed by atoms with Gasteiger partial charge in [0.15, 0.2) is 0 Å². The van der Waals surface area contributed by atoms with E-state index in [1.807, 2.05) is 0 Å². The molecule has 14 heavy (non-hydrogen) atoms. The Hall–Kier alpha value is -0.610. The Balaban J connectivity index is 2.04. The van der Waals surface area contributed by atoms with Crippen molar-refractivity contribution in [1.29, 1.82) is 0 Å². The Morgan fingerprint density at radius 2 is 2.21 bits per heavy atom. The molecule has 0 aromatic carbocycles. The van der Waals surface area contributed by atoms with E-state index in [4.69, 9.17) is 5.11 Å². The summed E-state index contributed by atoms with van der Waals surface area (Å²) in [6, 6.07) is -0.000139. The first-order valence-corrected chi connectivity index (χ1v) is 5.34. The molecule has 0 aromatic rings. The van der Waals surface area contributed by atoms with Crippen molar-refractivity contribution in [1.82, 2.24) is 5.06 Å². The summed E-state index contributed by atoms with van der Waals surface area (Å²) in [6.07, 6.45) is 4.24. The minimum Gasteiger partial charge on any atom is -0.785 e. The van der Waals surface area contributed by atoms with E-state index in [1.165, 1.54) is 0 Å². The largest absolute Gasteiger partial charge is 0.785 e. The van der Waals surface area contributed by atoms with Gasteiger partial charge in [-0.3, -0.25) is 4.79 Å². The van der Waals surface area contributed by atoms with Crippen molar-refractivity contribution in [3.05, 3.63) is 5.21 Å². The van der Waals surface area contributed by atoms with Crippen LogP contribution < -0.4 is 0 Å². The average molecular weight is 198 g/mol. The summed E-state index contributed by atoms with van der Waals surface area (Å²) in [7, 11) is 0. The Bertz CT molecular complexity index is 229. The lowest BCUT2D eigenvalue weighted by Crippen LogP contribution is -2.39. The van der Waals surface area contributed by atoms with E-state index >= 15 is 0 Å². The zero-order chi connectivity index (χ0) is 10.1. The molecule has 1 heterocycles. The number of carbonyl (C=O) groups is 1. The molecule has 0 spiro atoms. The van der Waals surface area contributed by atoms with Gasteiger partial charge >= 0.3 is 5.97 Å². The van der Waals surface area contributed by atoms with Crippen molar-refractivity contribution < 1.29 is 9.90 Å². The SMILES string of the molecule is O=C(O)CC1CCCC2CCN([O-])C21. The number of hydroxylamine groups is 2. The lowest BCUT2D eigenvalue weighted by Gasteiger charge is -2.41. The number of nitrogens with zero attached hydrogens (tertiary/aromatic N) is 1. The van der Waals surface area contributed by atoms with Gasteiger partial charge in [0.05, 0.1) is 0 Å². The lowest BCUT2D eigenvalue weighted by molar-refractivity contribution is -0.139. The molecule has 2 fully saturated rings. The molecule has 3 unspecified atom stereocenters. The van der Waals surface area contributed by atoms with Crippen LogP contribution in [-0.4, -0.2) is 28.7 Å². The van der Waals surface area contributed by atoms with E-state index in [0.717, 1.165) is 30.7 Å². The second-order valence-corrected chi connectivity index (χ2v) is 4.47. The van der Waals surface area contributed by atoms with Crippen molar-refractivity contribution in [2.24, 2.45) is 11.8 Å². The maximum absolute atomic E-state index is 11.5. The van der Waals surface area contributed by atoms with Gasteiger partial charge in [0.1, 0.15) is 0 Å². The van der Waals surface area contributed by atoms with E-state index in [-0.39, 0.29) is 18.4 Å². The molecular weight excluding hydrogens is 182 g/mol. The second-order valence-electron chi connectivity index (χ2n) is 4.47. The zero-order valence-corrected chi connectivity index (χ0v) is 8.19. The molecule has 3 atom stereocenters. The fraction of sp³-hybridized carbons (Fsp3) is 0.900. The van der Waals surface area contributed by atoms with Crippen LogP contribution in [0, 0.1) is 17.0 Å². The van der Waals surface area contributed by atoms with Crippen molar-refractivity contribution in [2.45, 2.75) is 38.1 Å². The maximum atomic E-state index is 11.5.